The summed E-state index contributed by atoms with van der Waals surface area (Å²) in [6, 6.07) is -1.28. The third-order valence-electron chi connectivity index (χ3n) is 1.93. The highest BCUT2D eigenvalue weighted by molar-refractivity contribution is 7.46. The van der Waals surface area contributed by atoms with Crippen LogP contribution in [0.15, 0.2) is 0 Å². The van der Waals surface area contributed by atoms with Crippen LogP contribution in [0.2, 0.25) is 0 Å². The normalized spacial score (nSPS) is 16.8. The molecule has 0 bridgehead atoms. The fraction of sp³-hybridized carbons (Fsp3) is 0.750. The van der Waals surface area contributed by atoms with Crippen molar-refractivity contribution in [3.8, 4) is 0 Å². The number of aliphatic hydroxyl groups excluding tert-OH is 2. The third-order valence-corrected chi connectivity index (χ3v) is 2.40. The van der Waals surface area contributed by atoms with Gasteiger partial charge in [0.1, 0.15) is 12.7 Å². The van der Waals surface area contributed by atoms with Crippen molar-refractivity contribution in [2.24, 2.45) is 0 Å². The molecule has 0 aromatic heterocycles. The van der Waals surface area contributed by atoms with Crippen molar-refractivity contribution >= 4 is 19.5 Å². The quantitative estimate of drug-likeness (QED) is 0.334. The minimum absolute atomic E-state index is 0.580. The number of aliphatic hydroxyl groups is 2. The summed E-state index contributed by atoms with van der Waals surface area (Å²) >= 11 is 0. The predicted molar refractivity (Wildman–Crippen MR) is 58.3 cm³/mol. The van der Waals surface area contributed by atoms with Crippen molar-refractivity contribution < 1.29 is 38.7 Å². The average Bonchev–Trinajstić information content (AvgIpc) is 2.19. The summed E-state index contributed by atoms with van der Waals surface area (Å²) in [4.78, 5) is 38.9. The van der Waals surface area contributed by atoms with Gasteiger partial charge in [0.2, 0.25) is 5.91 Å². The zero-order chi connectivity index (χ0) is 14.5. The largest absolute Gasteiger partial charge is 0.470 e. The number of carbonyl (C=O) groups excluding carboxylic acids is 2. The lowest BCUT2D eigenvalue weighted by atomic mass is 10.0. The number of phosphoric ester groups is 1. The van der Waals surface area contributed by atoms with Crippen molar-refractivity contribution in [3.05, 3.63) is 0 Å². The molecule has 0 aliphatic carbocycles. The number of rotatable bonds is 7. The Hall–Kier alpha value is -0.830. The number of Topliss-reactive ketones (excluding diaryl/α,β-unsaturated/α-hetero) is 1. The van der Waals surface area contributed by atoms with Crippen LogP contribution in [0.4, 0.5) is 0 Å². The standard InChI is InChI=1S/C8H16NO8P/c1-4(10)7(9-5(2)11)8(13)6(12)3-17-18(14,15)16/h4,7-8,10,13H,3H2,1-2H3,(H,9,11)(H2,14,15,16)/t4-,7-,8+/m0/s1. The van der Waals surface area contributed by atoms with Crippen LogP contribution in [0, 0.1) is 0 Å². The molecule has 0 aromatic carbocycles. The number of nitrogens with one attached hydrogen (secondary N) is 1. The van der Waals surface area contributed by atoms with Crippen LogP contribution in [0.5, 0.6) is 0 Å². The second-order valence-electron chi connectivity index (χ2n) is 3.64. The first-order valence-corrected chi connectivity index (χ1v) is 6.43. The smallest absolute Gasteiger partial charge is 0.391 e. The van der Waals surface area contributed by atoms with Crippen molar-refractivity contribution in [2.45, 2.75) is 32.1 Å². The van der Waals surface area contributed by atoms with E-state index in [9.17, 15) is 24.4 Å². The monoisotopic (exact) mass is 285 g/mol. The Morgan fingerprint density at radius 3 is 2.17 bits per heavy atom. The highest BCUT2D eigenvalue weighted by atomic mass is 31.2. The first-order chi connectivity index (χ1) is 8.04. The van der Waals surface area contributed by atoms with Gasteiger partial charge in [-0.2, -0.15) is 0 Å². The highest BCUT2D eigenvalue weighted by Crippen LogP contribution is 2.35. The number of hydrogen-bond donors (Lipinski definition) is 5. The maximum atomic E-state index is 11.3. The summed E-state index contributed by atoms with van der Waals surface area (Å²) in [5.74, 6) is -1.65. The van der Waals surface area contributed by atoms with E-state index in [1.807, 2.05) is 0 Å². The Kier molecular flexibility index (Phi) is 6.61. The van der Waals surface area contributed by atoms with Gasteiger partial charge in [-0.1, -0.05) is 0 Å². The molecule has 0 fully saturated rings. The minimum atomic E-state index is -4.82. The van der Waals surface area contributed by atoms with Gasteiger partial charge in [0.15, 0.2) is 5.78 Å². The molecule has 0 aliphatic heterocycles. The van der Waals surface area contributed by atoms with Gasteiger partial charge in [-0.05, 0) is 6.92 Å². The van der Waals surface area contributed by atoms with Crippen molar-refractivity contribution in [3.63, 3.8) is 0 Å². The lowest BCUT2D eigenvalue weighted by Gasteiger charge is -2.25. The molecule has 106 valence electrons. The highest BCUT2D eigenvalue weighted by Gasteiger charge is 2.31. The van der Waals surface area contributed by atoms with Gasteiger partial charge < -0.3 is 25.3 Å². The Balaban J connectivity index is 4.57. The van der Waals surface area contributed by atoms with Crippen LogP contribution < -0.4 is 5.32 Å². The molecule has 0 saturated carbocycles. The molecule has 0 saturated heterocycles. The van der Waals surface area contributed by atoms with Crippen LogP contribution in [-0.2, 0) is 18.7 Å². The van der Waals surface area contributed by atoms with Crippen molar-refractivity contribution in [1.82, 2.24) is 5.32 Å². The molecule has 0 radical (unpaired) electrons. The van der Waals surface area contributed by atoms with Crippen LogP contribution in [-0.4, -0.2) is 56.5 Å². The molecule has 0 rings (SSSR count). The number of amides is 1. The molecular formula is C8H16NO8P. The molecule has 0 heterocycles. The Bertz CT molecular complexity index is 351. The topological polar surface area (TPSA) is 153 Å². The van der Waals surface area contributed by atoms with E-state index in [0.29, 0.717) is 0 Å². The zero-order valence-electron chi connectivity index (χ0n) is 9.81. The molecule has 3 atom stereocenters. The summed E-state index contributed by atoms with van der Waals surface area (Å²) in [6.45, 7) is 1.33. The fourth-order valence-electron chi connectivity index (χ4n) is 1.13. The SMILES string of the molecule is CC(=O)N[C@@H]([C@H](C)O)[C@H](O)C(=O)COP(=O)(O)O. The summed E-state index contributed by atoms with van der Waals surface area (Å²) < 4.78 is 14.3. The van der Waals surface area contributed by atoms with E-state index in [4.69, 9.17) is 9.79 Å². The first kappa shape index (κ1) is 17.2. The van der Waals surface area contributed by atoms with Gasteiger partial charge in [-0.3, -0.25) is 14.1 Å². The van der Waals surface area contributed by atoms with Gasteiger partial charge in [0, 0.05) is 6.92 Å². The number of ketones is 1. The van der Waals surface area contributed by atoms with E-state index < -0.39 is 44.4 Å². The molecule has 18 heavy (non-hydrogen) atoms. The number of phosphoric acid groups is 1. The molecule has 0 aromatic rings. The summed E-state index contributed by atoms with van der Waals surface area (Å²) in [5, 5.41) is 21.0. The predicted octanol–water partition coefficient (Wildman–Crippen LogP) is -2.09. The van der Waals surface area contributed by atoms with Crippen LogP contribution in [0.1, 0.15) is 13.8 Å². The van der Waals surface area contributed by atoms with Crippen LogP contribution in [0.3, 0.4) is 0 Å². The molecule has 10 heteroatoms. The van der Waals surface area contributed by atoms with Crippen LogP contribution >= 0.6 is 7.82 Å². The molecule has 0 aliphatic rings. The first-order valence-electron chi connectivity index (χ1n) is 4.90. The molecule has 1 amide bonds. The van der Waals surface area contributed by atoms with Gasteiger partial charge in [-0.25, -0.2) is 4.57 Å². The van der Waals surface area contributed by atoms with E-state index in [0.717, 1.165) is 6.92 Å². The maximum absolute atomic E-state index is 11.3. The van der Waals surface area contributed by atoms with E-state index in [1.165, 1.54) is 6.92 Å². The van der Waals surface area contributed by atoms with Gasteiger partial charge in [-0.15, -0.1) is 0 Å². The molecule has 0 unspecified atom stereocenters. The van der Waals surface area contributed by atoms with Gasteiger partial charge >= 0.3 is 7.82 Å². The Morgan fingerprint density at radius 2 is 1.83 bits per heavy atom. The summed E-state index contributed by atoms with van der Waals surface area (Å²) in [7, 11) is -4.82. The van der Waals surface area contributed by atoms with Crippen molar-refractivity contribution in [2.75, 3.05) is 6.61 Å². The fourth-order valence-corrected chi connectivity index (χ4v) is 1.43. The lowest BCUT2D eigenvalue weighted by molar-refractivity contribution is -0.134. The molecular weight excluding hydrogens is 269 g/mol. The van der Waals surface area contributed by atoms with E-state index in [-0.39, 0.29) is 0 Å². The van der Waals surface area contributed by atoms with E-state index >= 15 is 0 Å². The minimum Gasteiger partial charge on any atom is -0.391 e. The molecule has 9 nitrogen and oxygen atoms in total. The number of hydrogen-bond acceptors (Lipinski definition) is 6. The van der Waals surface area contributed by atoms with E-state index in [2.05, 4.69) is 9.84 Å². The zero-order valence-corrected chi connectivity index (χ0v) is 10.7. The molecule has 0 spiro atoms. The lowest BCUT2D eigenvalue weighted by Crippen LogP contribution is -2.52. The molecule has 5 N–H and O–H groups in total. The second-order valence-corrected chi connectivity index (χ2v) is 4.88. The summed E-state index contributed by atoms with van der Waals surface area (Å²) in [5.41, 5.74) is 0. The average molecular weight is 285 g/mol. The van der Waals surface area contributed by atoms with Crippen LogP contribution in [0.25, 0.3) is 0 Å². The summed E-state index contributed by atoms with van der Waals surface area (Å²) in [6.07, 6.45) is -3.07. The van der Waals surface area contributed by atoms with Gasteiger partial charge in [0.05, 0.1) is 12.1 Å². The maximum Gasteiger partial charge on any atom is 0.470 e. The Morgan fingerprint density at radius 1 is 1.33 bits per heavy atom. The van der Waals surface area contributed by atoms with E-state index in [1.54, 1.807) is 0 Å². The van der Waals surface area contributed by atoms with Crippen molar-refractivity contribution in [1.29, 1.82) is 0 Å². The third kappa shape index (κ3) is 6.80. The van der Waals surface area contributed by atoms with Gasteiger partial charge in [0.25, 0.3) is 0 Å². The Labute approximate surface area is 103 Å². The second kappa shape index (κ2) is 6.93. The number of carbonyl (C=O) groups is 2.